The molecule has 13 nitrogen and oxygen atoms in total. The summed E-state index contributed by atoms with van der Waals surface area (Å²) in [7, 11) is 1.41. The molecule has 3 aromatic heterocycles. The average Bonchev–Trinajstić information content (AvgIpc) is 3.67. The lowest BCUT2D eigenvalue weighted by Gasteiger charge is -2.36. The molecule has 0 unspecified atom stereocenters. The van der Waals surface area contributed by atoms with Crippen LogP contribution < -0.4 is 16.4 Å². The number of nitrogens with two attached hydrogens (primary N) is 1. The normalized spacial score (nSPS) is 16.0. The molecule has 48 heavy (non-hydrogen) atoms. The second-order valence-corrected chi connectivity index (χ2v) is 12.1. The van der Waals surface area contributed by atoms with Gasteiger partial charge in [0.05, 0.1) is 46.5 Å². The third-order valence-electron chi connectivity index (χ3n) is 8.48. The van der Waals surface area contributed by atoms with Crippen molar-refractivity contribution in [3.63, 3.8) is 0 Å². The number of amides is 3. The van der Waals surface area contributed by atoms with Crippen LogP contribution in [0.3, 0.4) is 0 Å². The van der Waals surface area contributed by atoms with E-state index in [-0.39, 0.29) is 51.0 Å². The van der Waals surface area contributed by atoms with E-state index in [1.165, 1.54) is 48.1 Å². The van der Waals surface area contributed by atoms with Gasteiger partial charge in [-0.2, -0.15) is 18.3 Å². The molecule has 6 rings (SSSR count). The maximum Gasteiger partial charge on any atom is 0.435 e. The largest absolute Gasteiger partial charge is 0.435 e. The minimum Gasteiger partial charge on any atom is -0.397 e. The number of nitrogens with one attached hydrogen (secondary N) is 2. The molecule has 0 radical (unpaired) electrons. The van der Waals surface area contributed by atoms with Gasteiger partial charge in [0.2, 0.25) is 5.91 Å². The Bertz CT molecular complexity index is 1850. The number of nitrogen functional groups attached to an aromatic ring is 1. The van der Waals surface area contributed by atoms with Crippen molar-refractivity contribution in [1.82, 2.24) is 39.4 Å². The molecule has 5 heterocycles. The molecule has 2 saturated heterocycles. The molecule has 4 aromatic rings. The third kappa shape index (κ3) is 6.85. The fourth-order valence-electron chi connectivity index (χ4n) is 5.88. The highest BCUT2D eigenvalue weighted by atomic mass is 35.5. The molecular formula is C31H32ClF3N10O3. The molecule has 0 aliphatic carbocycles. The molecule has 0 atom stereocenters. The molecule has 0 saturated carbocycles. The van der Waals surface area contributed by atoms with Crippen molar-refractivity contribution in [2.24, 2.45) is 13.0 Å². The number of benzene rings is 1. The number of carbonyl (C=O) groups is 3. The van der Waals surface area contributed by atoms with Crippen LogP contribution in [0.2, 0.25) is 5.02 Å². The summed E-state index contributed by atoms with van der Waals surface area (Å²) in [6.45, 7) is 3.57. The van der Waals surface area contributed by atoms with Gasteiger partial charge in [0.25, 0.3) is 11.8 Å². The van der Waals surface area contributed by atoms with Gasteiger partial charge in [-0.3, -0.25) is 14.4 Å². The molecule has 2 fully saturated rings. The van der Waals surface area contributed by atoms with Gasteiger partial charge in [-0.25, -0.2) is 14.6 Å². The van der Waals surface area contributed by atoms with Crippen LogP contribution in [0.5, 0.6) is 0 Å². The fourth-order valence-corrected chi connectivity index (χ4v) is 6.15. The molecule has 1 aromatic carbocycles. The van der Waals surface area contributed by atoms with Crippen molar-refractivity contribution < 1.29 is 27.6 Å². The van der Waals surface area contributed by atoms with E-state index in [1.807, 2.05) is 4.90 Å². The number of likely N-dealkylation sites (tertiary alicyclic amines) is 1. The quantitative estimate of drug-likeness (QED) is 0.267. The molecule has 3 amide bonds. The van der Waals surface area contributed by atoms with Crippen molar-refractivity contribution in [3.05, 3.63) is 71.0 Å². The van der Waals surface area contributed by atoms with E-state index in [4.69, 9.17) is 17.3 Å². The van der Waals surface area contributed by atoms with E-state index in [9.17, 15) is 27.6 Å². The van der Waals surface area contributed by atoms with Gasteiger partial charge >= 0.3 is 6.18 Å². The van der Waals surface area contributed by atoms with E-state index in [0.29, 0.717) is 44.3 Å². The van der Waals surface area contributed by atoms with E-state index in [1.54, 1.807) is 4.90 Å². The standard InChI is InChI=1S/C31H32ClF3N10O3/c1-42-24(22-17-45(41-27(22)31(33,34)35)25-5-2-19(36)13-38-25)14-39-28(42)29(47)40-20-3-4-21(23(32)12-20)30(48)43-9-6-18(7-10-43)16-44-11-8-37-15-26(44)46/h2-5,12-14,17-18,37H,6-11,15-16,36H2,1H3,(H,40,47). The minimum absolute atomic E-state index is 0.00328. The Hall–Kier alpha value is -4.96. The Morgan fingerprint density at radius 2 is 1.88 bits per heavy atom. The Labute approximate surface area is 277 Å². The number of carbonyl (C=O) groups excluding carboxylic acids is 3. The predicted molar refractivity (Wildman–Crippen MR) is 170 cm³/mol. The number of hydrogen-bond acceptors (Lipinski definition) is 8. The number of nitrogens with zero attached hydrogens (tertiary/aromatic N) is 7. The zero-order valence-corrected chi connectivity index (χ0v) is 26.6. The van der Waals surface area contributed by atoms with Crippen LogP contribution in [-0.2, 0) is 18.0 Å². The van der Waals surface area contributed by atoms with Crippen molar-refractivity contribution >= 4 is 40.7 Å². The Morgan fingerprint density at radius 3 is 2.54 bits per heavy atom. The maximum absolute atomic E-state index is 14.0. The molecule has 2 aliphatic heterocycles. The Balaban J connectivity index is 1.12. The van der Waals surface area contributed by atoms with E-state index >= 15 is 0 Å². The third-order valence-corrected chi connectivity index (χ3v) is 8.79. The highest BCUT2D eigenvalue weighted by Crippen LogP contribution is 2.37. The lowest BCUT2D eigenvalue weighted by Crippen LogP contribution is -2.50. The number of piperazine rings is 1. The van der Waals surface area contributed by atoms with Gasteiger partial charge in [0.15, 0.2) is 17.3 Å². The van der Waals surface area contributed by atoms with Crippen LogP contribution in [0.4, 0.5) is 24.5 Å². The summed E-state index contributed by atoms with van der Waals surface area (Å²) >= 11 is 6.49. The number of alkyl halides is 3. The monoisotopic (exact) mass is 684 g/mol. The number of imidazole rings is 1. The number of piperidine rings is 1. The summed E-state index contributed by atoms with van der Waals surface area (Å²) < 4.78 is 44.2. The summed E-state index contributed by atoms with van der Waals surface area (Å²) in [5, 5.41) is 9.54. The number of hydrogen-bond donors (Lipinski definition) is 3. The number of aromatic nitrogens is 5. The average molecular weight is 685 g/mol. The predicted octanol–water partition coefficient (Wildman–Crippen LogP) is 3.46. The summed E-state index contributed by atoms with van der Waals surface area (Å²) in [5.74, 6) is -0.583. The van der Waals surface area contributed by atoms with Crippen LogP contribution in [0.15, 0.2) is 48.9 Å². The molecule has 0 spiro atoms. The SMILES string of the molecule is Cn1c(-c2cn(-c3ccc(N)cn3)nc2C(F)(F)F)cnc1C(=O)Nc1ccc(C(=O)N2CCC(CN3CCNCC3=O)CC2)c(Cl)c1. The molecule has 4 N–H and O–H groups in total. The molecule has 252 valence electrons. The first-order valence-corrected chi connectivity index (χ1v) is 15.6. The smallest absolute Gasteiger partial charge is 0.397 e. The maximum atomic E-state index is 14.0. The number of pyridine rings is 1. The molecule has 0 bridgehead atoms. The lowest BCUT2D eigenvalue weighted by molar-refractivity contribution is -0.140. The van der Waals surface area contributed by atoms with Gasteiger partial charge in [-0.15, -0.1) is 0 Å². The summed E-state index contributed by atoms with van der Waals surface area (Å²) in [4.78, 5) is 50.3. The van der Waals surface area contributed by atoms with Crippen molar-refractivity contribution in [2.45, 2.75) is 19.0 Å². The Kier molecular flexibility index (Phi) is 9.11. The van der Waals surface area contributed by atoms with E-state index in [0.717, 1.165) is 36.5 Å². The zero-order valence-electron chi connectivity index (χ0n) is 25.8. The van der Waals surface area contributed by atoms with E-state index < -0.39 is 17.8 Å². The first-order valence-electron chi connectivity index (χ1n) is 15.2. The van der Waals surface area contributed by atoms with Crippen molar-refractivity contribution in [3.8, 4) is 17.1 Å². The first-order chi connectivity index (χ1) is 22.9. The van der Waals surface area contributed by atoms with Crippen molar-refractivity contribution in [2.75, 3.05) is 50.3 Å². The first kappa shape index (κ1) is 33.0. The Morgan fingerprint density at radius 1 is 1.10 bits per heavy atom. The zero-order chi connectivity index (χ0) is 34.2. The number of rotatable bonds is 7. The van der Waals surface area contributed by atoms with Gasteiger partial charge in [-0.1, -0.05) is 11.6 Å². The molecule has 2 aliphatic rings. The van der Waals surface area contributed by atoms with E-state index in [2.05, 4.69) is 25.7 Å². The van der Waals surface area contributed by atoms with Crippen LogP contribution in [0, 0.1) is 5.92 Å². The molecular weight excluding hydrogens is 653 g/mol. The summed E-state index contributed by atoms with van der Waals surface area (Å²) in [6.07, 6.45) is 0.340. The van der Waals surface area contributed by atoms with Crippen LogP contribution in [0.1, 0.15) is 39.5 Å². The van der Waals surface area contributed by atoms with Gasteiger partial charge in [0.1, 0.15) is 0 Å². The summed E-state index contributed by atoms with van der Waals surface area (Å²) in [5.41, 5.74) is 5.04. The van der Waals surface area contributed by atoms with Crippen LogP contribution in [0.25, 0.3) is 17.1 Å². The van der Waals surface area contributed by atoms with Crippen molar-refractivity contribution in [1.29, 1.82) is 0 Å². The number of anilines is 2. The highest BCUT2D eigenvalue weighted by molar-refractivity contribution is 6.34. The van der Waals surface area contributed by atoms with Crippen LogP contribution >= 0.6 is 11.6 Å². The van der Waals surface area contributed by atoms with Gasteiger partial charge < -0.3 is 30.7 Å². The number of halogens is 4. The topological polar surface area (TPSA) is 156 Å². The summed E-state index contributed by atoms with van der Waals surface area (Å²) in [6, 6.07) is 7.39. The van der Waals surface area contributed by atoms with Crippen LogP contribution in [-0.4, -0.2) is 91.1 Å². The van der Waals surface area contributed by atoms with Gasteiger partial charge in [-0.05, 0) is 49.1 Å². The fraction of sp³-hybridized carbons (Fsp3) is 0.355. The highest BCUT2D eigenvalue weighted by Gasteiger charge is 2.39. The lowest BCUT2D eigenvalue weighted by atomic mass is 9.95. The second kappa shape index (κ2) is 13.3. The minimum atomic E-state index is -4.81. The van der Waals surface area contributed by atoms with Gasteiger partial charge in [0, 0.05) is 51.7 Å². The molecule has 17 heteroatoms. The second-order valence-electron chi connectivity index (χ2n) is 11.7.